The summed E-state index contributed by atoms with van der Waals surface area (Å²) < 4.78 is 40.9. The molecule has 4 aromatic rings. The Morgan fingerprint density at radius 3 is 2.27 bits per heavy atom. The number of fused-ring (bicyclic) bond motifs is 1. The van der Waals surface area contributed by atoms with E-state index in [0.29, 0.717) is 53.7 Å². The normalized spacial score (nSPS) is 12.1. The fourth-order valence-electron chi connectivity index (χ4n) is 4.64. The van der Waals surface area contributed by atoms with Gasteiger partial charge in [0.05, 0.1) is 18.4 Å². The highest BCUT2D eigenvalue weighted by molar-refractivity contribution is 5.85. The Labute approximate surface area is 233 Å². The van der Waals surface area contributed by atoms with E-state index in [4.69, 9.17) is 9.97 Å². The molecular weight excluding hydrogens is 517 g/mol. The van der Waals surface area contributed by atoms with Gasteiger partial charge in [-0.05, 0) is 63.6 Å². The van der Waals surface area contributed by atoms with Gasteiger partial charge in [0.1, 0.15) is 0 Å². The van der Waals surface area contributed by atoms with Crippen LogP contribution in [0, 0.1) is 0 Å². The maximum atomic E-state index is 13.0. The predicted octanol–water partition coefficient (Wildman–Crippen LogP) is 6.23. The van der Waals surface area contributed by atoms with E-state index in [1.54, 1.807) is 6.33 Å². The number of rotatable bonds is 11. The third-order valence-electron chi connectivity index (χ3n) is 6.71. The Hall–Kier alpha value is -3.86. The summed E-state index contributed by atoms with van der Waals surface area (Å²) in [4.78, 5) is 18.5. The van der Waals surface area contributed by atoms with Crippen molar-refractivity contribution in [2.24, 2.45) is 0 Å². The van der Waals surface area contributed by atoms with Crippen LogP contribution in [0.3, 0.4) is 0 Å². The molecule has 2 heterocycles. The Morgan fingerprint density at radius 2 is 1.65 bits per heavy atom. The van der Waals surface area contributed by atoms with Gasteiger partial charge < -0.3 is 20.1 Å². The molecule has 2 aromatic carbocycles. The smallest absolute Gasteiger partial charge is 0.378 e. The quantitative estimate of drug-likeness (QED) is 0.228. The van der Waals surface area contributed by atoms with Gasteiger partial charge in [0.25, 0.3) is 0 Å². The maximum absolute atomic E-state index is 13.0. The monoisotopic (exact) mass is 554 g/mol. The molecule has 0 radical (unpaired) electrons. The van der Waals surface area contributed by atoms with Crippen molar-refractivity contribution < 1.29 is 13.2 Å². The molecule has 0 atom stereocenters. The molecule has 0 unspecified atom stereocenters. The van der Waals surface area contributed by atoms with Gasteiger partial charge in [-0.2, -0.15) is 23.1 Å². The highest BCUT2D eigenvalue weighted by Crippen LogP contribution is 2.30. The van der Waals surface area contributed by atoms with Gasteiger partial charge in [-0.15, -0.1) is 0 Å². The molecule has 0 saturated heterocycles. The van der Waals surface area contributed by atoms with E-state index in [9.17, 15) is 13.2 Å². The fourth-order valence-corrected chi connectivity index (χ4v) is 4.64. The number of nitrogens with zero attached hydrogens (tertiary/aromatic N) is 6. The van der Waals surface area contributed by atoms with Crippen LogP contribution >= 0.6 is 0 Å². The second kappa shape index (κ2) is 12.1. The van der Waals surface area contributed by atoms with Crippen molar-refractivity contribution in [1.29, 1.82) is 0 Å². The van der Waals surface area contributed by atoms with Gasteiger partial charge in [-0.3, -0.25) is 4.90 Å². The first-order valence-corrected chi connectivity index (χ1v) is 13.4. The molecule has 0 spiro atoms. The lowest BCUT2D eigenvalue weighted by Gasteiger charge is -2.30. The predicted molar refractivity (Wildman–Crippen MR) is 155 cm³/mol. The van der Waals surface area contributed by atoms with Crippen LogP contribution in [0.5, 0.6) is 0 Å². The number of hydrogen-bond acceptors (Lipinski definition) is 7. The highest BCUT2D eigenvalue weighted by atomic mass is 19.4. The number of nitrogens with one attached hydrogen (secondary N) is 2. The highest BCUT2D eigenvalue weighted by Gasteiger charge is 2.30. The lowest BCUT2D eigenvalue weighted by atomic mass is 10.1. The molecule has 2 aromatic heterocycles. The summed E-state index contributed by atoms with van der Waals surface area (Å²) in [7, 11) is 3.95. The van der Waals surface area contributed by atoms with Crippen LogP contribution in [0.1, 0.15) is 38.8 Å². The minimum atomic E-state index is -4.38. The Kier molecular flexibility index (Phi) is 8.82. The van der Waals surface area contributed by atoms with Crippen LogP contribution in [-0.4, -0.2) is 63.7 Å². The Morgan fingerprint density at radius 1 is 0.950 bits per heavy atom. The Balaban J connectivity index is 1.66. The van der Waals surface area contributed by atoms with Gasteiger partial charge in [-0.25, -0.2) is 4.98 Å². The SMILES string of the molecule is CC(C)N(CCNc1nc(Nc2cccc(N(C)C)c2)nc2c1ncn2Cc1ccc(C(F)(F)F)cc1)C(C)C. The van der Waals surface area contributed by atoms with E-state index in [1.165, 1.54) is 12.1 Å². The molecule has 40 heavy (non-hydrogen) atoms. The molecule has 0 aliphatic heterocycles. The number of halogens is 3. The molecule has 0 bridgehead atoms. The van der Waals surface area contributed by atoms with E-state index in [1.807, 2.05) is 47.8 Å². The second-order valence-electron chi connectivity index (χ2n) is 10.6. The van der Waals surface area contributed by atoms with Gasteiger partial charge >= 0.3 is 6.18 Å². The topological polar surface area (TPSA) is 74.1 Å². The van der Waals surface area contributed by atoms with Gasteiger partial charge in [-0.1, -0.05) is 18.2 Å². The molecule has 0 aliphatic rings. The summed E-state index contributed by atoms with van der Waals surface area (Å²) in [5, 5.41) is 6.75. The number of anilines is 4. The minimum absolute atomic E-state index is 0.315. The molecule has 11 heteroatoms. The summed E-state index contributed by atoms with van der Waals surface area (Å²) in [6.07, 6.45) is -2.73. The average Bonchev–Trinajstić information content (AvgIpc) is 3.28. The molecule has 0 aliphatic carbocycles. The first kappa shape index (κ1) is 29.1. The van der Waals surface area contributed by atoms with Gasteiger partial charge in [0.2, 0.25) is 5.95 Å². The van der Waals surface area contributed by atoms with Crippen LogP contribution in [-0.2, 0) is 12.7 Å². The van der Waals surface area contributed by atoms with E-state index in [0.717, 1.165) is 30.1 Å². The zero-order chi connectivity index (χ0) is 29.0. The lowest BCUT2D eigenvalue weighted by molar-refractivity contribution is -0.137. The van der Waals surface area contributed by atoms with Crippen molar-refractivity contribution in [2.45, 2.75) is 52.5 Å². The average molecular weight is 555 g/mol. The van der Waals surface area contributed by atoms with E-state index in [-0.39, 0.29) is 0 Å². The van der Waals surface area contributed by atoms with Crippen molar-refractivity contribution >= 4 is 34.3 Å². The summed E-state index contributed by atoms with van der Waals surface area (Å²) in [6.45, 7) is 10.5. The molecule has 0 fully saturated rings. The first-order valence-electron chi connectivity index (χ1n) is 13.4. The zero-order valence-corrected chi connectivity index (χ0v) is 23.8. The Bertz CT molecular complexity index is 1400. The number of aromatic nitrogens is 4. The summed E-state index contributed by atoms with van der Waals surface area (Å²) in [5.41, 5.74) is 3.06. The standard InChI is InChI=1S/C29H37F3N8/c1-19(2)40(20(3)4)15-14-33-26-25-27(37-28(36-26)35-23-8-7-9-24(16-23)38(5)6)39(18-34-25)17-21-10-12-22(13-11-21)29(30,31)32/h7-13,16,18-20H,14-15,17H2,1-6H3,(H2,33,35,36,37). The van der Waals surface area contributed by atoms with E-state index < -0.39 is 11.7 Å². The lowest BCUT2D eigenvalue weighted by Crippen LogP contribution is -2.40. The summed E-state index contributed by atoms with van der Waals surface area (Å²) >= 11 is 0. The molecule has 2 N–H and O–H groups in total. The minimum Gasteiger partial charge on any atom is -0.378 e. The fraction of sp³-hybridized carbons (Fsp3) is 0.414. The van der Waals surface area contributed by atoms with Crippen molar-refractivity contribution in [3.05, 3.63) is 66.0 Å². The molecule has 0 amide bonds. The summed E-state index contributed by atoms with van der Waals surface area (Å²) in [6, 6.07) is 13.9. The molecule has 0 saturated carbocycles. The number of alkyl halides is 3. The molecular formula is C29H37F3N8. The van der Waals surface area contributed by atoms with Crippen LogP contribution < -0.4 is 15.5 Å². The van der Waals surface area contributed by atoms with Crippen molar-refractivity contribution in [3.8, 4) is 0 Å². The first-order chi connectivity index (χ1) is 18.9. The van der Waals surface area contributed by atoms with Crippen molar-refractivity contribution in [1.82, 2.24) is 24.4 Å². The van der Waals surface area contributed by atoms with E-state index >= 15 is 0 Å². The number of hydrogen-bond donors (Lipinski definition) is 2. The van der Waals surface area contributed by atoms with E-state index in [2.05, 4.69) is 48.2 Å². The number of imidazole rings is 1. The third-order valence-corrected chi connectivity index (χ3v) is 6.71. The zero-order valence-electron chi connectivity index (χ0n) is 23.8. The van der Waals surface area contributed by atoms with Crippen LogP contribution in [0.2, 0.25) is 0 Å². The summed E-state index contributed by atoms with van der Waals surface area (Å²) in [5.74, 6) is 0.986. The van der Waals surface area contributed by atoms with Gasteiger partial charge in [0, 0.05) is 50.6 Å². The largest absolute Gasteiger partial charge is 0.416 e. The van der Waals surface area contributed by atoms with Crippen LogP contribution in [0.25, 0.3) is 11.2 Å². The van der Waals surface area contributed by atoms with Crippen LogP contribution in [0.4, 0.5) is 36.3 Å². The maximum Gasteiger partial charge on any atom is 0.416 e. The molecule has 4 rings (SSSR count). The van der Waals surface area contributed by atoms with Gasteiger partial charge in [0.15, 0.2) is 17.0 Å². The molecule has 214 valence electrons. The van der Waals surface area contributed by atoms with Crippen molar-refractivity contribution in [2.75, 3.05) is 42.7 Å². The molecule has 8 nitrogen and oxygen atoms in total. The second-order valence-corrected chi connectivity index (χ2v) is 10.6. The van der Waals surface area contributed by atoms with Crippen LogP contribution in [0.15, 0.2) is 54.9 Å². The van der Waals surface area contributed by atoms with Crippen molar-refractivity contribution in [3.63, 3.8) is 0 Å². The number of benzene rings is 2. The third kappa shape index (κ3) is 7.01.